The van der Waals surface area contributed by atoms with Gasteiger partial charge in [-0.1, -0.05) is 68.4 Å². The number of hydrogen-bond acceptors (Lipinski definition) is 5. The first-order valence-corrected chi connectivity index (χ1v) is 10.3. The Hall–Kier alpha value is -2.12. The van der Waals surface area contributed by atoms with Crippen LogP contribution < -0.4 is 5.73 Å². The zero-order chi connectivity index (χ0) is 19.9. The quantitative estimate of drug-likeness (QED) is 0.319. The van der Waals surface area contributed by atoms with Crippen molar-refractivity contribution >= 4 is 18.4 Å². The Morgan fingerprint density at radius 1 is 1.21 bits per heavy atom. The third-order valence-electron chi connectivity index (χ3n) is 5.40. The van der Waals surface area contributed by atoms with Gasteiger partial charge < -0.3 is 20.3 Å². The van der Waals surface area contributed by atoms with Crippen molar-refractivity contribution in [2.45, 2.75) is 70.4 Å². The predicted molar refractivity (Wildman–Crippen MR) is 116 cm³/mol. The maximum Gasteiger partial charge on any atom is 0.252 e. The van der Waals surface area contributed by atoms with Gasteiger partial charge in [0, 0.05) is 12.1 Å². The van der Waals surface area contributed by atoms with Gasteiger partial charge in [-0.2, -0.15) is 4.98 Å². The molecule has 0 bridgehead atoms. The highest BCUT2D eigenvalue weighted by Gasteiger charge is 2.39. The molecule has 1 fully saturated rings. The second kappa shape index (κ2) is 11.2. The average molecular weight is 422 g/mol. The summed E-state index contributed by atoms with van der Waals surface area (Å²) in [6.07, 6.45) is 8.73. The van der Waals surface area contributed by atoms with Gasteiger partial charge in [0.2, 0.25) is 5.82 Å². The molecule has 1 aliphatic rings. The van der Waals surface area contributed by atoms with Gasteiger partial charge in [-0.3, -0.25) is 5.41 Å². The van der Waals surface area contributed by atoms with E-state index in [9.17, 15) is 5.11 Å². The van der Waals surface area contributed by atoms with E-state index in [1.165, 1.54) is 44.1 Å². The number of nitrogens with two attached hydrogens (primary N) is 1. The number of likely N-dealkylation sites (tertiary alicyclic amines) is 1. The predicted octanol–water partition coefficient (Wildman–Crippen LogP) is 4.06. The largest absolute Gasteiger partial charge is 0.390 e. The van der Waals surface area contributed by atoms with Gasteiger partial charge in [0.1, 0.15) is 6.04 Å². The molecule has 0 unspecified atom stereocenters. The molecule has 0 amide bonds. The fourth-order valence-corrected chi connectivity index (χ4v) is 3.75. The van der Waals surface area contributed by atoms with Crippen molar-refractivity contribution in [2.75, 3.05) is 6.54 Å². The van der Waals surface area contributed by atoms with Gasteiger partial charge in [-0.05, 0) is 24.8 Å². The Kier molecular flexibility index (Phi) is 8.92. The van der Waals surface area contributed by atoms with Crippen LogP contribution in [0.5, 0.6) is 0 Å². The minimum atomic E-state index is -0.670. The molecule has 160 valence electrons. The van der Waals surface area contributed by atoms with Crippen LogP contribution in [-0.2, 0) is 6.42 Å². The van der Waals surface area contributed by atoms with Gasteiger partial charge >= 0.3 is 0 Å². The number of nitrogens with one attached hydrogen (secondary N) is 1. The van der Waals surface area contributed by atoms with E-state index in [2.05, 4.69) is 29.2 Å². The lowest BCUT2D eigenvalue weighted by Crippen LogP contribution is -2.37. The highest BCUT2D eigenvalue weighted by molar-refractivity contribution is 5.85. The van der Waals surface area contributed by atoms with E-state index in [1.54, 1.807) is 4.90 Å². The highest BCUT2D eigenvalue weighted by atomic mass is 35.5. The summed E-state index contributed by atoms with van der Waals surface area (Å²) in [4.78, 5) is 6.04. The zero-order valence-electron chi connectivity index (χ0n) is 17.0. The summed E-state index contributed by atoms with van der Waals surface area (Å²) in [5.74, 6) is 0.690. The minimum Gasteiger partial charge on any atom is -0.390 e. The van der Waals surface area contributed by atoms with Crippen molar-refractivity contribution in [3.05, 3.63) is 35.7 Å². The number of aromatic nitrogens is 2. The number of benzene rings is 1. The molecule has 1 saturated heterocycles. The Balaban J connectivity index is 0.00000300. The molecule has 0 aliphatic carbocycles. The molecule has 1 aromatic heterocycles. The highest BCUT2D eigenvalue weighted by Crippen LogP contribution is 2.32. The SMILES string of the molecule is CCCCCCCCc1ccc(-c2noc([C@@H]3[C@@H](O)CCN3C(=N)N)n2)cc1.Cl. The maximum absolute atomic E-state index is 10.2. The van der Waals surface area contributed by atoms with E-state index in [4.69, 9.17) is 15.7 Å². The first-order chi connectivity index (χ1) is 13.6. The first-order valence-electron chi connectivity index (χ1n) is 10.3. The molecule has 1 aromatic carbocycles. The van der Waals surface area contributed by atoms with E-state index in [-0.39, 0.29) is 18.4 Å². The van der Waals surface area contributed by atoms with E-state index in [1.807, 2.05) is 12.1 Å². The minimum absolute atomic E-state index is 0. The third-order valence-corrected chi connectivity index (χ3v) is 5.40. The fourth-order valence-electron chi connectivity index (χ4n) is 3.75. The van der Waals surface area contributed by atoms with Crippen LogP contribution >= 0.6 is 12.4 Å². The fraction of sp³-hybridized carbons (Fsp3) is 0.571. The number of guanidine groups is 1. The summed E-state index contributed by atoms with van der Waals surface area (Å²) in [5, 5.41) is 21.9. The standard InChI is InChI=1S/C21H31N5O2.ClH/c1-2-3-4-5-6-7-8-15-9-11-16(12-10-15)19-24-20(28-25-19)18-17(27)13-14-26(18)21(22)23;/h9-12,17-18,27H,2-8,13-14H2,1H3,(H3,22,23);1H/t17-,18-;/m0./s1. The van der Waals surface area contributed by atoms with Crippen molar-refractivity contribution in [3.63, 3.8) is 0 Å². The van der Waals surface area contributed by atoms with Crippen LogP contribution in [-0.4, -0.2) is 38.8 Å². The normalized spacial score (nSPS) is 18.6. The molecular formula is C21H32ClN5O2. The molecule has 1 aliphatic heterocycles. The van der Waals surface area contributed by atoms with Crippen LogP contribution in [0, 0.1) is 5.41 Å². The third kappa shape index (κ3) is 5.93. The molecule has 2 atom stereocenters. The van der Waals surface area contributed by atoms with Crippen molar-refractivity contribution in [3.8, 4) is 11.4 Å². The lowest BCUT2D eigenvalue weighted by atomic mass is 10.0. The van der Waals surface area contributed by atoms with E-state index >= 15 is 0 Å². The van der Waals surface area contributed by atoms with Crippen LogP contribution in [0.25, 0.3) is 11.4 Å². The summed E-state index contributed by atoms with van der Waals surface area (Å²) in [5.41, 5.74) is 7.80. The van der Waals surface area contributed by atoms with Crippen molar-refractivity contribution in [2.24, 2.45) is 5.73 Å². The average Bonchev–Trinajstić information content (AvgIpc) is 3.31. The lowest BCUT2D eigenvalue weighted by Gasteiger charge is -2.22. The lowest BCUT2D eigenvalue weighted by molar-refractivity contribution is 0.118. The molecule has 8 heteroatoms. The summed E-state index contributed by atoms with van der Waals surface area (Å²) >= 11 is 0. The van der Waals surface area contributed by atoms with Crippen LogP contribution in [0.1, 0.15) is 69.4 Å². The molecule has 2 aromatic rings. The summed E-state index contributed by atoms with van der Waals surface area (Å²) in [6.45, 7) is 2.75. The van der Waals surface area contributed by atoms with Crippen LogP contribution in [0.15, 0.2) is 28.8 Å². The molecule has 3 rings (SSSR count). The number of unbranched alkanes of at least 4 members (excludes halogenated alkanes) is 5. The Morgan fingerprint density at radius 2 is 1.90 bits per heavy atom. The second-order valence-corrected chi connectivity index (χ2v) is 7.55. The monoisotopic (exact) mass is 421 g/mol. The number of hydrogen-bond donors (Lipinski definition) is 3. The number of halogens is 1. The Morgan fingerprint density at radius 3 is 2.59 bits per heavy atom. The van der Waals surface area contributed by atoms with Crippen LogP contribution in [0.3, 0.4) is 0 Å². The Labute approximate surface area is 178 Å². The number of nitrogens with zero attached hydrogens (tertiary/aromatic N) is 3. The number of aliphatic hydroxyl groups is 1. The van der Waals surface area contributed by atoms with E-state index < -0.39 is 12.1 Å². The zero-order valence-corrected chi connectivity index (χ0v) is 17.8. The topological polar surface area (TPSA) is 112 Å². The maximum atomic E-state index is 10.2. The van der Waals surface area contributed by atoms with Crippen molar-refractivity contribution < 1.29 is 9.63 Å². The molecule has 2 heterocycles. The first kappa shape index (κ1) is 23.2. The summed E-state index contributed by atoms with van der Waals surface area (Å²) in [6, 6.07) is 7.70. The van der Waals surface area contributed by atoms with Crippen molar-refractivity contribution in [1.82, 2.24) is 15.0 Å². The molecule has 0 radical (unpaired) electrons. The number of rotatable bonds is 9. The van der Waals surface area contributed by atoms with Gasteiger partial charge in [-0.15, -0.1) is 12.4 Å². The second-order valence-electron chi connectivity index (χ2n) is 7.55. The molecule has 29 heavy (non-hydrogen) atoms. The van der Waals surface area contributed by atoms with Gasteiger partial charge in [0.25, 0.3) is 5.89 Å². The molecule has 7 nitrogen and oxygen atoms in total. The molecule has 4 N–H and O–H groups in total. The molecular weight excluding hydrogens is 390 g/mol. The van der Waals surface area contributed by atoms with E-state index in [0.717, 1.165) is 12.0 Å². The summed E-state index contributed by atoms with van der Waals surface area (Å²) < 4.78 is 5.38. The van der Waals surface area contributed by atoms with Gasteiger partial charge in [0.05, 0.1) is 6.10 Å². The smallest absolute Gasteiger partial charge is 0.252 e. The van der Waals surface area contributed by atoms with Crippen LogP contribution in [0.4, 0.5) is 0 Å². The molecule has 0 saturated carbocycles. The van der Waals surface area contributed by atoms with Crippen molar-refractivity contribution in [1.29, 1.82) is 5.41 Å². The Bertz CT molecular complexity index is 765. The van der Waals surface area contributed by atoms with E-state index in [0.29, 0.717) is 24.7 Å². The summed E-state index contributed by atoms with van der Waals surface area (Å²) in [7, 11) is 0. The van der Waals surface area contributed by atoms with Gasteiger partial charge in [0.15, 0.2) is 5.96 Å². The number of aryl methyl sites for hydroxylation is 1. The van der Waals surface area contributed by atoms with Gasteiger partial charge in [-0.25, -0.2) is 0 Å². The van der Waals surface area contributed by atoms with Crippen LogP contribution in [0.2, 0.25) is 0 Å². The molecule has 0 spiro atoms. The number of aliphatic hydroxyl groups excluding tert-OH is 1.